The van der Waals surface area contributed by atoms with Crippen molar-refractivity contribution in [2.24, 2.45) is 0 Å². The third-order valence-corrected chi connectivity index (χ3v) is 3.98. The van der Waals surface area contributed by atoms with Gasteiger partial charge in [-0.15, -0.1) is 0 Å². The topological polar surface area (TPSA) is 78.5 Å². The molecule has 2 heterocycles. The highest BCUT2D eigenvalue weighted by atomic mass is 16.6. The summed E-state index contributed by atoms with van der Waals surface area (Å²) in [5.41, 5.74) is 2.32. The molecule has 7 nitrogen and oxygen atoms in total. The number of aromatic amines is 1. The molecular weight excluding hydrogens is 296 g/mol. The second-order valence-corrected chi connectivity index (χ2v) is 5.47. The van der Waals surface area contributed by atoms with Crippen molar-refractivity contribution in [3.63, 3.8) is 0 Å². The highest BCUT2D eigenvalue weighted by molar-refractivity contribution is 5.97. The number of H-pyrrole nitrogens is 1. The van der Waals surface area contributed by atoms with Gasteiger partial charge in [-0.3, -0.25) is 4.79 Å². The number of rotatable bonds is 2. The molecule has 2 aromatic rings. The standard InChI is InChI=1S/C16H20N4O3/c1-2-23-16(22)20-7-3-6-19(8-9-20)15(21)12-4-5-13-14(10-12)18-11-17-13/h4-5,10-11H,2-3,6-9H2,1H3,(H,17,18). The van der Waals surface area contributed by atoms with Crippen molar-refractivity contribution in [2.75, 3.05) is 32.8 Å². The molecule has 1 saturated heterocycles. The molecule has 1 N–H and O–H groups in total. The number of benzene rings is 1. The lowest BCUT2D eigenvalue weighted by atomic mass is 10.1. The van der Waals surface area contributed by atoms with Crippen LogP contribution in [0.5, 0.6) is 0 Å². The Labute approximate surface area is 134 Å². The van der Waals surface area contributed by atoms with Crippen LogP contribution < -0.4 is 0 Å². The minimum atomic E-state index is -0.305. The van der Waals surface area contributed by atoms with E-state index in [9.17, 15) is 9.59 Å². The Balaban J connectivity index is 1.69. The van der Waals surface area contributed by atoms with Gasteiger partial charge in [-0.05, 0) is 31.5 Å². The molecule has 0 aliphatic carbocycles. The number of nitrogens with zero attached hydrogens (tertiary/aromatic N) is 3. The Morgan fingerprint density at radius 1 is 1.22 bits per heavy atom. The predicted molar refractivity (Wildman–Crippen MR) is 85.2 cm³/mol. The molecule has 122 valence electrons. The van der Waals surface area contributed by atoms with Crippen LogP contribution in [0.25, 0.3) is 11.0 Å². The number of nitrogens with one attached hydrogen (secondary N) is 1. The van der Waals surface area contributed by atoms with Gasteiger partial charge in [0, 0.05) is 31.7 Å². The molecule has 0 bridgehead atoms. The Hall–Kier alpha value is -2.57. The molecule has 3 rings (SSSR count). The van der Waals surface area contributed by atoms with E-state index in [1.807, 2.05) is 12.1 Å². The number of fused-ring (bicyclic) bond motifs is 1. The predicted octanol–water partition coefficient (Wildman–Crippen LogP) is 1.87. The Morgan fingerprint density at radius 3 is 2.83 bits per heavy atom. The zero-order chi connectivity index (χ0) is 16.2. The number of hydrogen-bond acceptors (Lipinski definition) is 4. The normalized spacial score (nSPS) is 15.5. The molecule has 0 atom stereocenters. The molecule has 1 aromatic carbocycles. The summed E-state index contributed by atoms with van der Waals surface area (Å²) in [6.45, 7) is 4.41. The number of hydrogen-bond donors (Lipinski definition) is 1. The zero-order valence-corrected chi connectivity index (χ0v) is 13.1. The van der Waals surface area contributed by atoms with Crippen LogP contribution in [0, 0.1) is 0 Å². The number of aromatic nitrogens is 2. The Bertz CT molecular complexity index is 712. The van der Waals surface area contributed by atoms with Gasteiger partial charge in [0.15, 0.2) is 0 Å². The molecule has 1 aliphatic heterocycles. The first-order valence-corrected chi connectivity index (χ1v) is 7.83. The van der Waals surface area contributed by atoms with Gasteiger partial charge in [0.2, 0.25) is 0 Å². The van der Waals surface area contributed by atoms with Crippen LogP contribution in [-0.4, -0.2) is 64.6 Å². The molecule has 1 aliphatic rings. The van der Waals surface area contributed by atoms with Crippen LogP contribution in [0.2, 0.25) is 0 Å². The molecule has 23 heavy (non-hydrogen) atoms. The third-order valence-electron chi connectivity index (χ3n) is 3.98. The van der Waals surface area contributed by atoms with Gasteiger partial charge in [0.05, 0.1) is 24.0 Å². The van der Waals surface area contributed by atoms with Gasteiger partial charge in [-0.25, -0.2) is 9.78 Å². The first-order chi connectivity index (χ1) is 11.2. The van der Waals surface area contributed by atoms with Crippen LogP contribution in [0.4, 0.5) is 4.79 Å². The van der Waals surface area contributed by atoms with Crippen molar-refractivity contribution in [3.05, 3.63) is 30.1 Å². The van der Waals surface area contributed by atoms with Crippen LogP contribution in [0.3, 0.4) is 0 Å². The van der Waals surface area contributed by atoms with Crippen molar-refractivity contribution >= 4 is 23.0 Å². The van der Waals surface area contributed by atoms with Crippen LogP contribution in [0.15, 0.2) is 24.5 Å². The van der Waals surface area contributed by atoms with Crippen molar-refractivity contribution < 1.29 is 14.3 Å². The van der Waals surface area contributed by atoms with Crippen molar-refractivity contribution in [2.45, 2.75) is 13.3 Å². The van der Waals surface area contributed by atoms with E-state index in [0.717, 1.165) is 17.5 Å². The number of carbonyl (C=O) groups is 2. The summed E-state index contributed by atoms with van der Waals surface area (Å²) in [5.74, 6) is -0.0211. The molecule has 0 saturated carbocycles. The summed E-state index contributed by atoms with van der Waals surface area (Å²) in [5, 5.41) is 0. The van der Waals surface area contributed by atoms with E-state index >= 15 is 0 Å². The third kappa shape index (κ3) is 3.28. The van der Waals surface area contributed by atoms with Gasteiger partial charge in [-0.1, -0.05) is 0 Å². The van der Waals surface area contributed by atoms with Crippen LogP contribution >= 0.6 is 0 Å². The largest absolute Gasteiger partial charge is 0.450 e. The average Bonchev–Trinajstić information content (AvgIpc) is 2.88. The molecular formula is C16H20N4O3. The summed E-state index contributed by atoms with van der Waals surface area (Å²) in [4.78, 5) is 35.1. The van der Waals surface area contributed by atoms with Gasteiger partial charge < -0.3 is 19.5 Å². The summed E-state index contributed by atoms with van der Waals surface area (Å²) in [6.07, 6.45) is 2.06. The summed E-state index contributed by atoms with van der Waals surface area (Å²) >= 11 is 0. The van der Waals surface area contributed by atoms with Crippen LogP contribution in [-0.2, 0) is 4.74 Å². The Morgan fingerprint density at radius 2 is 2.00 bits per heavy atom. The SMILES string of the molecule is CCOC(=O)N1CCCN(C(=O)c2ccc3nc[nH]c3c2)CC1. The first-order valence-electron chi connectivity index (χ1n) is 7.83. The van der Waals surface area contributed by atoms with Crippen LogP contribution in [0.1, 0.15) is 23.7 Å². The second-order valence-electron chi connectivity index (χ2n) is 5.47. The summed E-state index contributed by atoms with van der Waals surface area (Å²) < 4.78 is 5.03. The van der Waals surface area contributed by atoms with E-state index < -0.39 is 0 Å². The fraction of sp³-hybridized carbons (Fsp3) is 0.438. The summed E-state index contributed by atoms with van der Waals surface area (Å²) in [7, 11) is 0. The first kappa shape index (κ1) is 15.3. The molecule has 2 amide bonds. The Kier molecular flexibility index (Phi) is 4.45. The van der Waals surface area contributed by atoms with Gasteiger partial charge >= 0.3 is 6.09 Å². The monoisotopic (exact) mass is 316 g/mol. The maximum Gasteiger partial charge on any atom is 0.409 e. The van der Waals surface area contributed by atoms with E-state index in [-0.39, 0.29) is 12.0 Å². The lowest BCUT2D eigenvalue weighted by molar-refractivity contribution is 0.0753. The lowest BCUT2D eigenvalue weighted by Crippen LogP contribution is -2.37. The highest BCUT2D eigenvalue weighted by Gasteiger charge is 2.23. The van der Waals surface area contributed by atoms with E-state index in [1.165, 1.54) is 0 Å². The van der Waals surface area contributed by atoms with E-state index in [1.54, 1.807) is 29.1 Å². The molecule has 0 radical (unpaired) electrons. The van der Waals surface area contributed by atoms with Crippen molar-refractivity contribution in [3.8, 4) is 0 Å². The fourth-order valence-electron chi connectivity index (χ4n) is 2.77. The molecule has 0 spiro atoms. The maximum absolute atomic E-state index is 12.7. The smallest absolute Gasteiger partial charge is 0.409 e. The minimum Gasteiger partial charge on any atom is -0.450 e. The van der Waals surface area contributed by atoms with Gasteiger partial charge in [-0.2, -0.15) is 0 Å². The lowest BCUT2D eigenvalue weighted by Gasteiger charge is -2.21. The van der Waals surface area contributed by atoms with Crippen molar-refractivity contribution in [1.29, 1.82) is 0 Å². The highest BCUT2D eigenvalue weighted by Crippen LogP contribution is 2.15. The second kappa shape index (κ2) is 6.68. The van der Waals surface area contributed by atoms with Gasteiger partial charge in [0.1, 0.15) is 0 Å². The maximum atomic E-state index is 12.7. The fourth-order valence-corrected chi connectivity index (χ4v) is 2.77. The zero-order valence-electron chi connectivity index (χ0n) is 13.1. The number of ether oxygens (including phenoxy) is 1. The van der Waals surface area contributed by atoms with Gasteiger partial charge in [0.25, 0.3) is 5.91 Å². The minimum absolute atomic E-state index is 0.0211. The van der Waals surface area contributed by atoms with E-state index in [0.29, 0.717) is 38.3 Å². The molecule has 0 unspecified atom stereocenters. The quantitative estimate of drug-likeness (QED) is 0.917. The molecule has 1 aromatic heterocycles. The summed E-state index contributed by atoms with van der Waals surface area (Å²) in [6, 6.07) is 5.44. The van der Waals surface area contributed by atoms with Crippen molar-refractivity contribution in [1.82, 2.24) is 19.8 Å². The average molecular weight is 316 g/mol. The number of amides is 2. The van der Waals surface area contributed by atoms with E-state index in [4.69, 9.17) is 4.74 Å². The molecule has 7 heteroatoms. The van der Waals surface area contributed by atoms with E-state index in [2.05, 4.69) is 9.97 Å². The number of imidazole rings is 1. The molecule has 1 fully saturated rings. The number of carbonyl (C=O) groups excluding carboxylic acids is 2.